The molecule has 1 aliphatic heterocycles. The van der Waals surface area contributed by atoms with Crippen molar-refractivity contribution >= 4 is 18.6 Å². The lowest BCUT2D eigenvalue weighted by Gasteiger charge is -2.32. The van der Waals surface area contributed by atoms with Crippen molar-refractivity contribution in [3.8, 4) is 0 Å². The van der Waals surface area contributed by atoms with Crippen molar-refractivity contribution in [2.24, 2.45) is 0 Å². The number of rotatable bonds is 7. The van der Waals surface area contributed by atoms with Gasteiger partial charge in [0, 0.05) is 6.42 Å². The second kappa shape index (κ2) is 7.71. The first-order chi connectivity index (χ1) is 11.2. The molecule has 5 heteroatoms. The minimum absolute atomic E-state index is 0.108. The van der Waals surface area contributed by atoms with Gasteiger partial charge in [-0.05, 0) is 64.9 Å². The van der Waals surface area contributed by atoms with E-state index >= 15 is 0 Å². The van der Waals surface area contributed by atoms with Crippen molar-refractivity contribution < 1.29 is 18.8 Å². The maximum Gasteiger partial charge on any atom is 0.494 e. The molecule has 0 unspecified atom stereocenters. The van der Waals surface area contributed by atoms with Crippen LogP contribution in [-0.4, -0.2) is 30.9 Å². The van der Waals surface area contributed by atoms with Gasteiger partial charge < -0.3 is 14.0 Å². The average molecular weight is 332 g/mol. The first-order valence-corrected chi connectivity index (χ1v) is 8.85. The Morgan fingerprint density at radius 3 is 2.42 bits per heavy atom. The number of ether oxygens (including phenoxy) is 1. The lowest BCUT2D eigenvalue weighted by Crippen LogP contribution is -2.41. The summed E-state index contributed by atoms with van der Waals surface area (Å²) in [6, 6.07) is 8.34. The lowest BCUT2D eigenvalue weighted by molar-refractivity contribution is -0.143. The summed E-state index contributed by atoms with van der Waals surface area (Å²) in [5.74, 6) is -0.108. The van der Waals surface area contributed by atoms with Crippen LogP contribution in [0.2, 0.25) is 0 Å². The van der Waals surface area contributed by atoms with Gasteiger partial charge in [0.15, 0.2) is 0 Å². The van der Waals surface area contributed by atoms with E-state index in [1.807, 2.05) is 19.1 Å². The third kappa shape index (κ3) is 4.61. The molecule has 132 valence electrons. The third-order valence-corrected chi connectivity index (χ3v) is 4.88. The molecule has 1 aliphatic rings. The summed E-state index contributed by atoms with van der Waals surface area (Å²) in [6.07, 6.45) is 3.24. The maximum atomic E-state index is 11.3. The Balaban J connectivity index is 1.90. The Labute approximate surface area is 146 Å². The van der Waals surface area contributed by atoms with E-state index < -0.39 is 0 Å². The Morgan fingerprint density at radius 1 is 1.12 bits per heavy atom. The summed E-state index contributed by atoms with van der Waals surface area (Å²) in [6.45, 7) is 10.5. The van der Waals surface area contributed by atoms with E-state index in [0.717, 1.165) is 24.7 Å². The zero-order valence-electron chi connectivity index (χ0n) is 15.6. The van der Waals surface area contributed by atoms with E-state index in [9.17, 15) is 4.79 Å². The summed E-state index contributed by atoms with van der Waals surface area (Å²) >= 11 is 0. The number of benzene rings is 1. The first kappa shape index (κ1) is 19.0. The number of carbonyl (C=O) groups is 1. The van der Waals surface area contributed by atoms with E-state index in [2.05, 4.69) is 39.8 Å². The average Bonchev–Trinajstić information content (AvgIpc) is 2.73. The van der Waals surface area contributed by atoms with Gasteiger partial charge in [-0.25, -0.2) is 0 Å². The molecule has 0 N–H and O–H groups in total. The summed E-state index contributed by atoms with van der Waals surface area (Å²) in [5.41, 5.74) is 1.64. The topological polar surface area (TPSA) is 44.8 Å². The highest BCUT2D eigenvalue weighted by Crippen LogP contribution is 2.36. The van der Waals surface area contributed by atoms with E-state index in [4.69, 9.17) is 14.0 Å². The molecule has 2 rings (SSSR count). The molecule has 0 aliphatic carbocycles. The van der Waals surface area contributed by atoms with Crippen LogP contribution in [0.4, 0.5) is 0 Å². The number of hydrogen-bond donors (Lipinski definition) is 0. The molecule has 0 saturated carbocycles. The van der Waals surface area contributed by atoms with Crippen LogP contribution < -0.4 is 5.46 Å². The van der Waals surface area contributed by atoms with Crippen molar-refractivity contribution in [1.29, 1.82) is 0 Å². The van der Waals surface area contributed by atoms with Crippen LogP contribution in [0.25, 0.3) is 0 Å². The van der Waals surface area contributed by atoms with E-state index in [1.165, 1.54) is 5.56 Å². The second-order valence-corrected chi connectivity index (χ2v) is 7.35. The minimum atomic E-state index is -0.326. The number of esters is 1. The molecule has 1 heterocycles. The van der Waals surface area contributed by atoms with E-state index in [1.54, 1.807) is 0 Å². The summed E-state index contributed by atoms with van der Waals surface area (Å²) < 4.78 is 17.2. The number of aryl methyl sites for hydroxylation is 1. The molecule has 1 fully saturated rings. The van der Waals surface area contributed by atoms with Gasteiger partial charge in [-0.15, -0.1) is 0 Å². The van der Waals surface area contributed by atoms with Crippen LogP contribution in [0.5, 0.6) is 0 Å². The second-order valence-electron chi connectivity index (χ2n) is 7.35. The van der Waals surface area contributed by atoms with Crippen molar-refractivity contribution in [2.75, 3.05) is 6.61 Å². The minimum Gasteiger partial charge on any atom is -0.466 e. The molecule has 4 nitrogen and oxygen atoms in total. The van der Waals surface area contributed by atoms with Gasteiger partial charge in [-0.3, -0.25) is 4.79 Å². The van der Waals surface area contributed by atoms with Gasteiger partial charge in [0.25, 0.3) is 0 Å². The van der Waals surface area contributed by atoms with Gasteiger partial charge in [0.2, 0.25) is 0 Å². The van der Waals surface area contributed by atoms with Crippen LogP contribution in [0.3, 0.4) is 0 Å². The Kier molecular flexibility index (Phi) is 6.10. The Bertz CT molecular complexity index is 552. The molecule has 0 radical (unpaired) electrons. The largest absolute Gasteiger partial charge is 0.494 e. The predicted octanol–water partition coefficient (Wildman–Crippen LogP) is 3.26. The van der Waals surface area contributed by atoms with E-state index in [-0.39, 0.29) is 24.3 Å². The molecule has 0 amide bonds. The van der Waals surface area contributed by atoms with Gasteiger partial charge in [-0.1, -0.05) is 24.3 Å². The van der Waals surface area contributed by atoms with Crippen molar-refractivity contribution in [2.45, 2.75) is 71.5 Å². The summed E-state index contributed by atoms with van der Waals surface area (Å²) in [4.78, 5) is 11.3. The van der Waals surface area contributed by atoms with Crippen LogP contribution >= 0.6 is 0 Å². The van der Waals surface area contributed by atoms with Crippen LogP contribution in [0.1, 0.15) is 59.4 Å². The van der Waals surface area contributed by atoms with Crippen LogP contribution in [0.15, 0.2) is 24.3 Å². The molecule has 0 atom stereocenters. The first-order valence-electron chi connectivity index (χ1n) is 8.85. The lowest BCUT2D eigenvalue weighted by atomic mass is 9.78. The third-order valence-electron chi connectivity index (χ3n) is 4.88. The van der Waals surface area contributed by atoms with E-state index in [0.29, 0.717) is 13.0 Å². The molecular weight excluding hydrogens is 303 g/mol. The Hall–Kier alpha value is -1.33. The summed E-state index contributed by atoms with van der Waals surface area (Å²) in [5, 5.41) is 0. The molecule has 0 spiro atoms. The zero-order valence-corrected chi connectivity index (χ0v) is 15.6. The fourth-order valence-electron chi connectivity index (χ4n) is 2.71. The highest BCUT2D eigenvalue weighted by molar-refractivity contribution is 6.62. The molecule has 24 heavy (non-hydrogen) atoms. The van der Waals surface area contributed by atoms with Crippen LogP contribution in [0, 0.1) is 0 Å². The predicted molar refractivity (Wildman–Crippen MR) is 96.3 cm³/mol. The molecule has 1 aromatic carbocycles. The smallest absolute Gasteiger partial charge is 0.466 e. The number of unbranched alkanes of at least 4 members (excludes halogenated alkanes) is 1. The molecule has 0 aromatic heterocycles. The van der Waals surface area contributed by atoms with Crippen LogP contribution in [-0.2, 0) is 25.3 Å². The molecule has 1 saturated heterocycles. The van der Waals surface area contributed by atoms with Crippen molar-refractivity contribution in [3.63, 3.8) is 0 Å². The number of hydrogen-bond acceptors (Lipinski definition) is 4. The Morgan fingerprint density at radius 2 is 1.79 bits per heavy atom. The van der Waals surface area contributed by atoms with Gasteiger partial charge in [0.1, 0.15) is 0 Å². The van der Waals surface area contributed by atoms with Gasteiger partial charge in [0.05, 0.1) is 17.8 Å². The SMILES string of the molecule is CCOC(=O)CCCCc1cccc(B2OC(C)(C)C(C)(C)O2)c1. The zero-order chi connectivity index (χ0) is 17.8. The monoisotopic (exact) mass is 332 g/mol. The van der Waals surface area contributed by atoms with Crippen molar-refractivity contribution in [1.82, 2.24) is 0 Å². The van der Waals surface area contributed by atoms with Gasteiger partial charge >= 0.3 is 13.1 Å². The number of carbonyl (C=O) groups excluding carboxylic acids is 1. The molecular formula is C19H29BO4. The standard InChI is InChI=1S/C19H29BO4/c1-6-22-17(21)13-8-7-10-15-11-9-12-16(14-15)20-23-18(2,3)19(4,5)24-20/h9,11-12,14H,6-8,10,13H2,1-5H3. The fraction of sp³-hybridized carbons (Fsp3) is 0.632. The molecule has 0 bridgehead atoms. The highest BCUT2D eigenvalue weighted by Gasteiger charge is 2.51. The summed E-state index contributed by atoms with van der Waals surface area (Å²) in [7, 11) is -0.325. The quantitative estimate of drug-likeness (QED) is 0.437. The maximum absolute atomic E-state index is 11.3. The molecule has 1 aromatic rings. The normalized spacial score (nSPS) is 18.6. The van der Waals surface area contributed by atoms with Gasteiger partial charge in [-0.2, -0.15) is 0 Å². The fourth-order valence-corrected chi connectivity index (χ4v) is 2.71. The van der Waals surface area contributed by atoms with Crippen molar-refractivity contribution in [3.05, 3.63) is 29.8 Å². The highest BCUT2D eigenvalue weighted by atomic mass is 16.7.